The Morgan fingerprint density at radius 2 is 1.78 bits per heavy atom. The first kappa shape index (κ1) is 28.6. The van der Waals surface area contributed by atoms with Crippen molar-refractivity contribution in [2.45, 2.75) is 45.8 Å². The number of hydrogen-bond acceptors (Lipinski definition) is 7. The predicted octanol–water partition coefficient (Wildman–Crippen LogP) is 2.70. The number of amides is 2. The summed E-state index contributed by atoms with van der Waals surface area (Å²) in [5.41, 5.74) is 0.361. The summed E-state index contributed by atoms with van der Waals surface area (Å²) in [6.45, 7) is 4.71. The van der Waals surface area contributed by atoms with E-state index in [4.69, 9.17) is 4.74 Å². The van der Waals surface area contributed by atoms with Crippen LogP contribution in [-0.4, -0.2) is 62.0 Å². The highest BCUT2D eigenvalue weighted by molar-refractivity contribution is 7.92. The molecule has 0 radical (unpaired) electrons. The van der Waals surface area contributed by atoms with Crippen molar-refractivity contribution in [2.75, 3.05) is 24.2 Å². The summed E-state index contributed by atoms with van der Waals surface area (Å²) in [6.07, 6.45) is 1.60. The van der Waals surface area contributed by atoms with Crippen LogP contribution in [0.4, 0.5) is 11.4 Å². The van der Waals surface area contributed by atoms with E-state index in [0.29, 0.717) is 17.7 Å². The first-order valence-electron chi connectivity index (χ1n) is 11.3. The van der Waals surface area contributed by atoms with E-state index in [2.05, 4.69) is 5.32 Å². The third-order valence-corrected chi connectivity index (χ3v) is 6.83. The maximum absolute atomic E-state index is 13.5. The number of ether oxygens (including phenoxy) is 1. The Hall–Kier alpha value is -3.67. The minimum Gasteiger partial charge on any atom is -0.497 e. The Balaban J connectivity index is 2.42. The largest absolute Gasteiger partial charge is 0.497 e. The van der Waals surface area contributed by atoms with E-state index in [9.17, 15) is 28.1 Å². The van der Waals surface area contributed by atoms with Crippen LogP contribution in [0.15, 0.2) is 48.5 Å². The Kier molecular flexibility index (Phi) is 9.79. The standard InChI is InChI=1S/C24H32N4O7S/c1-6-17(2)25-24(30)18(3)26(15-19-10-12-22(35-4)13-11-19)23(29)16-27(36(5,33)34)20-8-7-9-21(14-20)28(31)32/h7-14,17-18H,6,15-16H2,1-5H3,(H,25,30)/t17-,18-/m1/s1. The summed E-state index contributed by atoms with van der Waals surface area (Å²) in [6, 6.07) is 10.9. The van der Waals surface area contributed by atoms with Crippen molar-refractivity contribution in [1.29, 1.82) is 0 Å². The molecule has 0 aliphatic rings. The Bertz CT molecular complexity index is 1190. The lowest BCUT2D eigenvalue weighted by molar-refractivity contribution is -0.384. The highest BCUT2D eigenvalue weighted by Crippen LogP contribution is 2.24. The van der Waals surface area contributed by atoms with Crippen LogP contribution in [0.5, 0.6) is 5.75 Å². The van der Waals surface area contributed by atoms with Crippen molar-refractivity contribution in [3.8, 4) is 5.75 Å². The zero-order chi connectivity index (χ0) is 27.0. The number of nitrogens with one attached hydrogen (secondary N) is 1. The summed E-state index contributed by atoms with van der Waals surface area (Å²) in [5.74, 6) is -0.407. The van der Waals surface area contributed by atoms with Crippen LogP contribution >= 0.6 is 0 Å². The smallest absolute Gasteiger partial charge is 0.271 e. The van der Waals surface area contributed by atoms with E-state index >= 15 is 0 Å². The van der Waals surface area contributed by atoms with E-state index in [0.717, 1.165) is 16.6 Å². The molecule has 0 spiro atoms. The van der Waals surface area contributed by atoms with Gasteiger partial charge in [0.05, 0.1) is 24.0 Å². The molecule has 0 aliphatic carbocycles. The van der Waals surface area contributed by atoms with Gasteiger partial charge in [-0.3, -0.25) is 24.0 Å². The monoisotopic (exact) mass is 520 g/mol. The van der Waals surface area contributed by atoms with Gasteiger partial charge in [-0.25, -0.2) is 8.42 Å². The summed E-state index contributed by atoms with van der Waals surface area (Å²) in [4.78, 5) is 38.2. The summed E-state index contributed by atoms with van der Waals surface area (Å²) in [5, 5.41) is 14.0. The molecule has 2 aromatic rings. The molecule has 12 heteroatoms. The molecule has 2 atom stereocenters. The molecule has 0 fully saturated rings. The third-order valence-electron chi connectivity index (χ3n) is 5.69. The van der Waals surface area contributed by atoms with Crippen molar-refractivity contribution in [3.05, 3.63) is 64.2 Å². The summed E-state index contributed by atoms with van der Waals surface area (Å²) >= 11 is 0. The van der Waals surface area contributed by atoms with Crippen molar-refractivity contribution in [1.82, 2.24) is 10.2 Å². The number of methoxy groups -OCH3 is 1. The van der Waals surface area contributed by atoms with Gasteiger partial charge in [-0.05, 0) is 44.0 Å². The lowest BCUT2D eigenvalue weighted by Gasteiger charge is -2.32. The Labute approximate surface area is 211 Å². The molecule has 0 heterocycles. The number of carbonyl (C=O) groups is 2. The molecule has 0 saturated heterocycles. The molecule has 2 rings (SSSR count). The molecule has 1 N–H and O–H groups in total. The fraction of sp³-hybridized carbons (Fsp3) is 0.417. The van der Waals surface area contributed by atoms with Crippen LogP contribution in [0.2, 0.25) is 0 Å². The molecule has 0 bridgehead atoms. The summed E-state index contributed by atoms with van der Waals surface area (Å²) in [7, 11) is -2.47. The number of carbonyl (C=O) groups excluding carboxylic acids is 2. The van der Waals surface area contributed by atoms with Crippen molar-refractivity contribution >= 4 is 33.2 Å². The average molecular weight is 521 g/mol. The number of rotatable bonds is 12. The molecule has 196 valence electrons. The Morgan fingerprint density at radius 1 is 1.14 bits per heavy atom. The van der Waals surface area contributed by atoms with Crippen LogP contribution < -0.4 is 14.4 Å². The van der Waals surface area contributed by atoms with Gasteiger partial charge < -0.3 is 15.0 Å². The number of sulfonamides is 1. The van der Waals surface area contributed by atoms with E-state index < -0.39 is 33.4 Å². The fourth-order valence-corrected chi connectivity index (χ4v) is 4.19. The molecule has 0 saturated carbocycles. The number of nitro benzene ring substituents is 1. The maximum atomic E-state index is 13.5. The number of nitro groups is 1. The van der Waals surface area contributed by atoms with Gasteiger partial charge in [0.1, 0.15) is 18.3 Å². The normalized spacial score (nSPS) is 12.8. The Morgan fingerprint density at radius 3 is 2.31 bits per heavy atom. The van der Waals surface area contributed by atoms with Crippen molar-refractivity contribution in [3.63, 3.8) is 0 Å². The van der Waals surface area contributed by atoms with Crippen LogP contribution in [0.3, 0.4) is 0 Å². The number of non-ortho nitro benzene ring substituents is 1. The SMILES string of the molecule is CC[C@@H](C)NC(=O)[C@@H](C)N(Cc1ccc(OC)cc1)C(=O)CN(c1cccc([N+](=O)[O-])c1)S(C)(=O)=O. The zero-order valence-corrected chi connectivity index (χ0v) is 21.8. The van der Waals surface area contributed by atoms with Gasteiger partial charge in [-0.2, -0.15) is 0 Å². The topological polar surface area (TPSA) is 139 Å². The molecule has 2 amide bonds. The molecule has 0 aromatic heterocycles. The van der Waals surface area contributed by atoms with E-state index in [1.165, 1.54) is 30.2 Å². The molecule has 11 nitrogen and oxygen atoms in total. The highest BCUT2D eigenvalue weighted by atomic mass is 32.2. The molecule has 36 heavy (non-hydrogen) atoms. The number of benzene rings is 2. The summed E-state index contributed by atoms with van der Waals surface area (Å²) < 4.78 is 31.1. The van der Waals surface area contributed by atoms with Crippen molar-refractivity contribution in [2.24, 2.45) is 0 Å². The number of anilines is 1. The lowest BCUT2D eigenvalue weighted by Crippen LogP contribution is -2.52. The third kappa shape index (κ3) is 7.67. The van der Waals surface area contributed by atoms with Crippen LogP contribution in [0, 0.1) is 10.1 Å². The molecule has 0 aliphatic heterocycles. The maximum Gasteiger partial charge on any atom is 0.271 e. The van der Waals surface area contributed by atoms with Gasteiger partial charge in [0.15, 0.2) is 0 Å². The second-order valence-corrected chi connectivity index (χ2v) is 10.3. The van der Waals surface area contributed by atoms with Crippen LogP contribution in [0.1, 0.15) is 32.8 Å². The average Bonchev–Trinajstić information content (AvgIpc) is 2.84. The van der Waals surface area contributed by atoms with Gasteiger partial charge >= 0.3 is 0 Å². The molecule has 0 unspecified atom stereocenters. The van der Waals surface area contributed by atoms with Gasteiger partial charge in [-0.1, -0.05) is 25.1 Å². The zero-order valence-electron chi connectivity index (χ0n) is 21.0. The number of nitrogens with zero attached hydrogens (tertiary/aromatic N) is 3. The van der Waals surface area contributed by atoms with Gasteiger partial charge in [0, 0.05) is 24.7 Å². The minimum absolute atomic E-state index is 0.0267. The van der Waals surface area contributed by atoms with Gasteiger partial charge in [0.2, 0.25) is 21.8 Å². The predicted molar refractivity (Wildman–Crippen MR) is 136 cm³/mol. The number of hydrogen-bond donors (Lipinski definition) is 1. The van der Waals surface area contributed by atoms with Crippen molar-refractivity contribution < 1.29 is 27.7 Å². The molecular weight excluding hydrogens is 488 g/mol. The molecular formula is C24H32N4O7S. The first-order valence-corrected chi connectivity index (χ1v) is 13.2. The first-order chi connectivity index (χ1) is 16.9. The highest BCUT2D eigenvalue weighted by Gasteiger charge is 2.31. The van der Waals surface area contributed by atoms with E-state index in [-0.39, 0.29) is 29.9 Å². The van der Waals surface area contributed by atoms with Gasteiger partial charge in [0.25, 0.3) is 5.69 Å². The van der Waals surface area contributed by atoms with E-state index in [1.54, 1.807) is 31.2 Å². The van der Waals surface area contributed by atoms with Gasteiger partial charge in [-0.15, -0.1) is 0 Å². The lowest BCUT2D eigenvalue weighted by atomic mass is 10.1. The second-order valence-electron chi connectivity index (χ2n) is 8.41. The van der Waals surface area contributed by atoms with Crippen LogP contribution in [-0.2, 0) is 26.2 Å². The molecule has 2 aromatic carbocycles. The second kappa shape index (κ2) is 12.3. The van der Waals surface area contributed by atoms with E-state index in [1.807, 2.05) is 13.8 Å². The van der Waals surface area contributed by atoms with Crippen LogP contribution in [0.25, 0.3) is 0 Å². The minimum atomic E-state index is -3.99. The fourth-order valence-electron chi connectivity index (χ4n) is 3.35. The quantitative estimate of drug-likeness (QED) is 0.335.